The van der Waals surface area contributed by atoms with Gasteiger partial charge in [0.05, 0.1) is 11.5 Å². The Labute approximate surface area is 121 Å². The molecule has 0 fully saturated rings. The van der Waals surface area contributed by atoms with Gasteiger partial charge in [0.1, 0.15) is 5.75 Å². The summed E-state index contributed by atoms with van der Waals surface area (Å²) in [5.74, 6) is 0.245. The van der Waals surface area contributed by atoms with Crippen LogP contribution in [0.15, 0.2) is 23.1 Å². The monoisotopic (exact) mass is 319 g/mol. The van der Waals surface area contributed by atoms with Gasteiger partial charge in [0, 0.05) is 30.8 Å². The van der Waals surface area contributed by atoms with E-state index < -0.39 is 15.2 Å². The second kappa shape index (κ2) is 5.99. The Morgan fingerprint density at radius 2 is 2.30 bits per heavy atom. The summed E-state index contributed by atoms with van der Waals surface area (Å²) in [7, 11) is 3.05. The lowest BCUT2D eigenvalue weighted by Gasteiger charge is -2.10. The van der Waals surface area contributed by atoms with Gasteiger partial charge in [0.25, 0.3) is 15.0 Å². The number of benzene rings is 1. The Hall–Kier alpha value is -1.31. The predicted octanol–water partition coefficient (Wildman–Crippen LogP) is 0.680. The first-order valence-electron chi connectivity index (χ1n) is 5.92. The third kappa shape index (κ3) is 3.41. The van der Waals surface area contributed by atoms with E-state index in [0.29, 0.717) is 30.9 Å². The molecule has 0 saturated heterocycles. The van der Waals surface area contributed by atoms with Crippen molar-refractivity contribution < 1.29 is 22.7 Å². The fraction of sp³-hybridized carbons (Fsp3) is 0.417. The summed E-state index contributed by atoms with van der Waals surface area (Å²) in [6.45, 7) is 0.812. The number of ether oxygens (including phenoxy) is 2. The average molecular weight is 320 g/mol. The van der Waals surface area contributed by atoms with Gasteiger partial charge in [0.2, 0.25) is 0 Å². The Balaban J connectivity index is 2.06. The first-order valence-corrected chi connectivity index (χ1v) is 8.23. The fourth-order valence-electron chi connectivity index (χ4n) is 1.91. The molecule has 8 heteroatoms. The number of rotatable bonds is 5. The van der Waals surface area contributed by atoms with Gasteiger partial charge < -0.3 is 14.8 Å². The molecule has 1 amide bonds. The van der Waals surface area contributed by atoms with Gasteiger partial charge in [-0.1, -0.05) is 0 Å². The molecule has 1 heterocycles. The zero-order valence-electron chi connectivity index (χ0n) is 10.8. The minimum Gasteiger partial charge on any atom is -0.480 e. The second-order valence-corrected chi connectivity index (χ2v) is 6.87. The van der Waals surface area contributed by atoms with Crippen LogP contribution in [0.25, 0.3) is 0 Å². The van der Waals surface area contributed by atoms with Crippen molar-refractivity contribution in [1.82, 2.24) is 5.32 Å². The standard InChI is InChI=1S/C12H14ClNO5S/c1-18-5-4-14-12(15)11-7-8-6-9(20(13,16)17)2-3-10(8)19-11/h2-3,6,11H,4-5,7H2,1H3,(H,14,15). The lowest BCUT2D eigenvalue weighted by atomic mass is 10.1. The smallest absolute Gasteiger partial charge is 0.261 e. The molecular formula is C12H14ClNO5S. The quantitative estimate of drug-likeness (QED) is 0.637. The first kappa shape index (κ1) is 15.1. The van der Waals surface area contributed by atoms with E-state index in [1.807, 2.05) is 0 Å². The lowest BCUT2D eigenvalue weighted by Crippen LogP contribution is -2.38. The number of carbonyl (C=O) groups excluding carboxylic acids is 1. The molecule has 1 N–H and O–H groups in total. The summed E-state index contributed by atoms with van der Waals surface area (Å²) in [4.78, 5) is 11.8. The summed E-state index contributed by atoms with van der Waals surface area (Å²) in [5.41, 5.74) is 0.651. The molecular weight excluding hydrogens is 306 g/mol. The van der Waals surface area contributed by atoms with Crippen molar-refractivity contribution >= 4 is 25.6 Å². The zero-order chi connectivity index (χ0) is 14.8. The van der Waals surface area contributed by atoms with Crippen LogP contribution in [0.5, 0.6) is 5.75 Å². The minimum absolute atomic E-state index is 0.00181. The van der Waals surface area contributed by atoms with Crippen LogP contribution < -0.4 is 10.1 Å². The molecule has 0 bridgehead atoms. The van der Waals surface area contributed by atoms with Crippen molar-refractivity contribution in [1.29, 1.82) is 0 Å². The third-order valence-electron chi connectivity index (χ3n) is 2.89. The van der Waals surface area contributed by atoms with Crippen LogP contribution in [-0.4, -0.2) is 40.7 Å². The number of carbonyl (C=O) groups is 1. The first-order chi connectivity index (χ1) is 9.41. The van der Waals surface area contributed by atoms with Gasteiger partial charge >= 0.3 is 0 Å². The van der Waals surface area contributed by atoms with Gasteiger partial charge in [-0.2, -0.15) is 0 Å². The summed E-state index contributed by atoms with van der Waals surface area (Å²) in [5, 5.41) is 2.67. The number of methoxy groups -OCH3 is 1. The van der Waals surface area contributed by atoms with E-state index in [0.717, 1.165) is 0 Å². The van der Waals surface area contributed by atoms with E-state index >= 15 is 0 Å². The van der Waals surface area contributed by atoms with Crippen LogP contribution in [-0.2, 0) is 25.0 Å². The molecule has 1 atom stereocenters. The highest BCUT2D eigenvalue weighted by Gasteiger charge is 2.29. The van der Waals surface area contributed by atoms with Crippen molar-refractivity contribution in [3.8, 4) is 5.75 Å². The van der Waals surface area contributed by atoms with Crippen molar-refractivity contribution in [3.63, 3.8) is 0 Å². The van der Waals surface area contributed by atoms with E-state index in [9.17, 15) is 13.2 Å². The summed E-state index contributed by atoms with van der Waals surface area (Å²) < 4.78 is 32.8. The molecule has 0 radical (unpaired) electrons. The molecule has 110 valence electrons. The number of halogens is 1. The Morgan fingerprint density at radius 1 is 1.55 bits per heavy atom. The Bertz CT molecular complexity index is 616. The van der Waals surface area contributed by atoms with Crippen molar-refractivity contribution in [2.75, 3.05) is 20.3 Å². The maximum Gasteiger partial charge on any atom is 0.261 e. The van der Waals surface area contributed by atoms with Crippen LogP contribution in [0.2, 0.25) is 0 Å². The number of hydrogen-bond acceptors (Lipinski definition) is 5. The minimum atomic E-state index is -3.78. The predicted molar refractivity (Wildman–Crippen MR) is 72.5 cm³/mol. The maximum absolute atomic E-state index is 11.8. The van der Waals surface area contributed by atoms with Gasteiger partial charge in [-0.05, 0) is 23.8 Å². The van der Waals surface area contributed by atoms with Crippen molar-refractivity contribution in [2.45, 2.75) is 17.4 Å². The molecule has 0 saturated carbocycles. The topological polar surface area (TPSA) is 81.7 Å². The molecule has 20 heavy (non-hydrogen) atoms. The highest BCUT2D eigenvalue weighted by molar-refractivity contribution is 8.13. The molecule has 0 aromatic heterocycles. The van der Waals surface area contributed by atoms with Crippen LogP contribution in [0, 0.1) is 0 Å². The molecule has 0 aliphatic carbocycles. The normalized spacial score (nSPS) is 17.4. The van der Waals surface area contributed by atoms with Crippen LogP contribution in [0.4, 0.5) is 0 Å². The SMILES string of the molecule is COCCNC(=O)C1Cc2cc(S(=O)(=O)Cl)ccc2O1. The molecule has 2 rings (SSSR count). The number of fused-ring (bicyclic) bond motifs is 1. The molecule has 1 unspecified atom stereocenters. The number of nitrogens with one attached hydrogen (secondary N) is 1. The van der Waals surface area contributed by atoms with Crippen molar-refractivity contribution in [2.24, 2.45) is 0 Å². The Kier molecular flexibility index (Phi) is 4.52. The van der Waals surface area contributed by atoms with E-state index in [4.69, 9.17) is 20.2 Å². The number of hydrogen-bond donors (Lipinski definition) is 1. The molecule has 1 aromatic rings. The highest BCUT2D eigenvalue weighted by Crippen LogP contribution is 2.31. The summed E-state index contributed by atoms with van der Waals surface area (Å²) in [6.07, 6.45) is -0.343. The van der Waals surface area contributed by atoms with Crippen LogP contribution >= 0.6 is 10.7 Å². The fourth-order valence-corrected chi connectivity index (χ4v) is 2.71. The van der Waals surface area contributed by atoms with Gasteiger partial charge in [-0.25, -0.2) is 8.42 Å². The van der Waals surface area contributed by atoms with E-state index in [-0.39, 0.29) is 10.8 Å². The van der Waals surface area contributed by atoms with Gasteiger partial charge in [0.15, 0.2) is 6.10 Å². The summed E-state index contributed by atoms with van der Waals surface area (Å²) >= 11 is 0. The summed E-state index contributed by atoms with van der Waals surface area (Å²) in [6, 6.07) is 4.29. The molecule has 1 aromatic carbocycles. The molecule has 0 spiro atoms. The average Bonchev–Trinajstić information content (AvgIpc) is 2.80. The van der Waals surface area contributed by atoms with Gasteiger partial charge in [-0.3, -0.25) is 4.79 Å². The number of amides is 1. The highest BCUT2D eigenvalue weighted by atomic mass is 35.7. The molecule has 1 aliphatic rings. The van der Waals surface area contributed by atoms with E-state index in [1.54, 1.807) is 7.11 Å². The zero-order valence-corrected chi connectivity index (χ0v) is 12.3. The van der Waals surface area contributed by atoms with Crippen molar-refractivity contribution in [3.05, 3.63) is 23.8 Å². The van der Waals surface area contributed by atoms with E-state index in [1.165, 1.54) is 18.2 Å². The maximum atomic E-state index is 11.8. The van der Waals surface area contributed by atoms with Crippen LogP contribution in [0.1, 0.15) is 5.56 Å². The lowest BCUT2D eigenvalue weighted by molar-refractivity contribution is -0.127. The third-order valence-corrected chi connectivity index (χ3v) is 4.24. The largest absolute Gasteiger partial charge is 0.480 e. The van der Waals surface area contributed by atoms with Gasteiger partial charge in [-0.15, -0.1) is 0 Å². The van der Waals surface area contributed by atoms with Crippen LogP contribution in [0.3, 0.4) is 0 Å². The second-order valence-electron chi connectivity index (χ2n) is 4.30. The molecule has 1 aliphatic heterocycles. The molecule has 6 nitrogen and oxygen atoms in total. The van der Waals surface area contributed by atoms with E-state index in [2.05, 4.69) is 5.32 Å². The Morgan fingerprint density at radius 3 is 2.95 bits per heavy atom.